The predicted molar refractivity (Wildman–Crippen MR) is 82.3 cm³/mol. The number of benzene rings is 1. The largest absolute Gasteiger partial charge is 0.479 e. The molecule has 1 aromatic carbocycles. The summed E-state index contributed by atoms with van der Waals surface area (Å²) in [6.45, 7) is 0.558. The van der Waals surface area contributed by atoms with E-state index in [2.05, 4.69) is 10.2 Å². The molecule has 8 heteroatoms. The second-order valence-corrected chi connectivity index (χ2v) is 5.56. The number of morpholine rings is 1. The molecule has 2 N–H and O–H groups in total. The van der Waals surface area contributed by atoms with Gasteiger partial charge in [-0.1, -0.05) is 23.7 Å². The number of ether oxygens (including phenoxy) is 1. The van der Waals surface area contributed by atoms with Gasteiger partial charge in [0.2, 0.25) is 0 Å². The molecule has 1 saturated heterocycles. The third-order valence-corrected chi connectivity index (χ3v) is 3.83. The minimum absolute atomic E-state index is 0.0173. The lowest BCUT2D eigenvalue weighted by Crippen LogP contribution is -2.48. The van der Waals surface area contributed by atoms with E-state index in [1.54, 1.807) is 18.2 Å². The van der Waals surface area contributed by atoms with Gasteiger partial charge in [0.05, 0.1) is 18.8 Å². The fourth-order valence-corrected chi connectivity index (χ4v) is 2.48. The van der Waals surface area contributed by atoms with E-state index in [9.17, 15) is 9.59 Å². The molecule has 1 aliphatic rings. The normalized spacial score (nSPS) is 18.0. The predicted octanol–water partition coefficient (Wildman–Crippen LogP) is 1.66. The Hall–Kier alpha value is -2.38. The molecule has 0 aliphatic carbocycles. The second-order valence-electron chi connectivity index (χ2n) is 5.12. The van der Waals surface area contributed by atoms with Gasteiger partial charge < -0.3 is 14.7 Å². The van der Waals surface area contributed by atoms with E-state index in [0.717, 1.165) is 5.56 Å². The number of carbonyl (C=O) groups excluding carboxylic acids is 1. The van der Waals surface area contributed by atoms with E-state index in [-0.39, 0.29) is 19.1 Å². The van der Waals surface area contributed by atoms with E-state index in [4.69, 9.17) is 21.4 Å². The van der Waals surface area contributed by atoms with Crippen LogP contribution < -0.4 is 0 Å². The number of H-pyrrole nitrogens is 1. The Bertz CT molecular complexity index is 729. The number of rotatable bonds is 3. The molecule has 1 atom stereocenters. The molecule has 1 aromatic heterocycles. The Morgan fingerprint density at radius 2 is 2.09 bits per heavy atom. The highest BCUT2D eigenvalue weighted by Gasteiger charge is 2.30. The van der Waals surface area contributed by atoms with Gasteiger partial charge in [0.15, 0.2) is 6.10 Å². The van der Waals surface area contributed by atoms with Crippen LogP contribution in [-0.2, 0) is 9.53 Å². The molecule has 1 amide bonds. The maximum Gasteiger partial charge on any atom is 0.334 e. The van der Waals surface area contributed by atoms with Crippen LogP contribution >= 0.6 is 11.6 Å². The third-order valence-electron chi connectivity index (χ3n) is 3.58. The van der Waals surface area contributed by atoms with Crippen LogP contribution in [0.5, 0.6) is 0 Å². The van der Waals surface area contributed by atoms with E-state index >= 15 is 0 Å². The van der Waals surface area contributed by atoms with Gasteiger partial charge in [-0.3, -0.25) is 9.89 Å². The molecule has 0 radical (unpaired) electrons. The first kappa shape index (κ1) is 15.5. The van der Waals surface area contributed by atoms with E-state index < -0.39 is 12.1 Å². The zero-order chi connectivity index (χ0) is 16.4. The quantitative estimate of drug-likeness (QED) is 0.889. The Morgan fingerprint density at radius 1 is 1.35 bits per heavy atom. The van der Waals surface area contributed by atoms with Gasteiger partial charge in [-0.05, 0) is 18.2 Å². The maximum absolute atomic E-state index is 12.5. The molecule has 23 heavy (non-hydrogen) atoms. The van der Waals surface area contributed by atoms with Gasteiger partial charge in [-0.25, -0.2) is 4.79 Å². The van der Waals surface area contributed by atoms with Crippen LogP contribution in [0.25, 0.3) is 11.3 Å². The summed E-state index contributed by atoms with van der Waals surface area (Å²) >= 11 is 5.85. The van der Waals surface area contributed by atoms with Gasteiger partial charge in [0.25, 0.3) is 5.91 Å². The van der Waals surface area contributed by atoms with E-state index in [1.807, 2.05) is 12.1 Å². The SMILES string of the molecule is O=C(O)[C@H]1CN(C(=O)c2cc(-c3ccc(Cl)cc3)n[nH]2)CCO1. The lowest BCUT2D eigenvalue weighted by Gasteiger charge is -2.30. The Morgan fingerprint density at radius 3 is 2.78 bits per heavy atom. The zero-order valence-electron chi connectivity index (χ0n) is 12.0. The molecule has 7 nitrogen and oxygen atoms in total. The van der Waals surface area contributed by atoms with Crippen LogP contribution in [0.1, 0.15) is 10.5 Å². The summed E-state index contributed by atoms with van der Waals surface area (Å²) in [6, 6.07) is 8.74. The number of carbonyl (C=O) groups is 2. The number of amides is 1. The topological polar surface area (TPSA) is 95.5 Å². The van der Waals surface area contributed by atoms with Crippen molar-refractivity contribution in [3.63, 3.8) is 0 Å². The van der Waals surface area contributed by atoms with Crippen molar-refractivity contribution in [3.05, 3.63) is 41.0 Å². The number of aromatic nitrogens is 2. The average molecular weight is 336 g/mol. The summed E-state index contributed by atoms with van der Waals surface area (Å²) in [5.41, 5.74) is 1.75. The van der Waals surface area contributed by atoms with Crippen LogP contribution in [0.15, 0.2) is 30.3 Å². The monoisotopic (exact) mass is 335 g/mol. The summed E-state index contributed by atoms with van der Waals surface area (Å²) in [5, 5.41) is 16.4. The van der Waals surface area contributed by atoms with Gasteiger partial charge in [-0.2, -0.15) is 5.10 Å². The first-order valence-corrected chi connectivity index (χ1v) is 7.37. The molecular weight excluding hydrogens is 322 g/mol. The van der Waals surface area contributed by atoms with Gasteiger partial charge in [-0.15, -0.1) is 0 Å². The van der Waals surface area contributed by atoms with Crippen LogP contribution in [0.4, 0.5) is 0 Å². The Labute approximate surface area is 136 Å². The van der Waals surface area contributed by atoms with E-state index in [1.165, 1.54) is 4.90 Å². The molecule has 2 heterocycles. The first-order valence-electron chi connectivity index (χ1n) is 6.99. The summed E-state index contributed by atoms with van der Waals surface area (Å²) in [6.07, 6.45) is -0.994. The Kier molecular flexibility index (Phi) is 4.31. The highest BCUT2D eigenvalue weighted by molar-refractivity contribution is 6.30. The van der Waals surface area contributed by atoms with E-state index in [0.29, 0.717) is 23.0 Å². The lowest BCUT2D eigenvalue weighted by molar-refractivity contribution is -0.154. The molecule has 2 aromatic rings. The van der Waals surface area contributed by atoms with Crippen molar-refractivity contribution < 1.29 is 19.4 Å². The Balaban J connectivity index is 1.75. The number of carboxylic acids is 1. The minimum Gasteiger partial charge on any atom is -0.479 e. The number of nitrogens with one attached hydrogen (secondary N) is 1. The highest BCUT2D eigenvalue weighted by Crippen LogP contribution is 2.21. The average Bonchev–Trinajstić information content (AvgIpc) is 3.05. The summed E-state index contributed by atoms with van der Waals surface area (Å²) < 4.78 is 5.11. The summed E-state index contributed by atoms with van der Waals surface area (Å²) in [4.78, 5) is 24.9. The molecule has 3 rings (SSSR count). The zero-order valence-corrected chi connectivity index (χ0v) is 12.8. The second kappa shape index (κ2) is 6.39. The molecular formula is C15H14ClN3O4. The molecule has 1 aliphatic heterocycles. The van der Waals surface area contributed by atoms with Crippen LogP contribution in [0, 0.1) is 0 Å². The van der Waals surface area contributed by atoms with Crippen LogP contribution in [0.2, 0.25) is 5.02 Å². The number of nitrogens with zero attached hydrogens (tertiary/aromatic N) is 2. The molecule has 120 valence electrons. The number of hydrogen-bond donors (Lipinski definition) is 2. The minimum atomic E-state index is -1.08. The van der Waals surface area contributed by atoms with Crippen LogP contribution in [-0.4, -0.2) is 57.9 Å². The van der Waals surface area contributed by atoms with Crippen molar-refractivity contribution in [1.29, 1.82) is 0 Å². The molecule has 1 fully saturated rings. The van der Waals surface area contributed by atoms with Crippen molar-refractivity contribution in [1.82, 2.24) is 15.1 Å². The first-order chi connectivity index (χ1) is 11.0. The summed E-state index contributed by atoms with van der Waals surface area (Å²) in [5.74, 6) is -1.37. The molecule has 0 bridgehead atoms. The van der Waals surface area contributed by atoms with Crippen molar-refractivity contribution in [2.45, 2.75) is 6.10 Å². The fraction of sp³-hybridized carbons (Fsp3) is 0.267. The standard InChI is InChI=1S/C15H14ClN3O4/c16-10-3-1-9(2-4-10)11-7-12(18-17-11)14(20)19-5-6-23-13(8-19)15(21)22/h1-4,7,13H,5-6,8H2,(H,17,18)(H,21,22)/t13-/m1/s1. The third kappa shape index (κ3) is 3.35. The summed E-state index contributed by atoms with van der Waals surface area (Å²) in [7, 11) is 0. The van der Waals surface area contributed by atoms with Crippen molar-refractivity contribution in [2.24, 2.45) is 0 Å². The lowest BCUT2D eigenvalue weighted by atomic mass is 10.1. The van der Waals surface area contributed by atoms with Crippen molar-refractivity contribution in [3.8, 4) is 11.3 Å². The van der Waals surface area contributed by atoms with Gasteiger partial charge in [0, 0.05) is 17.1 Å². The van der Waals surface area contributed by atoms with Gasteiger partial charge in [0.1, 0.15) is 5.69 Å². The molecule has 0 unspecified atom stereocenters. The number of carboxylic acid groups (broad SMARTS) is 1. The number of aromatic amines is 1. The number of halogens is 1. The van der Waals surface area contributed by atoms with Gasteiger partial charge >= 0.3 is 5.97 Å². The molecule has 0 saturated carbocycles. The molecule has 0 spiro atoms. The van der Waals surface area contributed by atoms with Crippen molar-refractivity contribution in [2.75, 3.05) is 19.7 Å². The number of hydrogen-bond acceptors (Lipinski definition) is 4. The maximum atomic E-state index is 12.5. The smallest absolute Gasteiger partial charge is 0.334 e. The van der Waals surface area contributed by atoms with Crippen molar-refractivity contribution >= 4 is 23.5 Å². The number of aliphatic carboxylic acids is 1. The van der Waals surface area contributed by atoms with Crippen LogP contribution in [0.3, 0.4) is 0 Å². The highest BCUT2D eigenvalue weighted by atomic mass is 35.5. The fourth-order valence-electron chi connectivity index (χ4n) is 2.35.